The molecular formula is C12H15F6NO5. The smallest absolute Gasteiger partial charge is 0.461 e. The highest BCUT2D eigenvalue weighted by Gasteiger charge is 2.46. The standard InChI is InChI=1S/C12H15F6NO5/c1-4-5(2)23-8(20)7(19-9(21)11(13,14)15)6(3)24-10(22)12(16,17)18/h5-7H,4H2,1-3H3,(H,19,21). The van der Waals surface area contributed by atoms with Crippen LogP contribution in [0.3, 0.4) is 0 Å². The highest BCUT2D eigenvalue weighted by atomic mass is 19.4. The number of hydrogen-bond acceptors (Lipinski definition) is 5. The molecule has 0 aliphatic heterocycles. The van der Waals surface area contributed by atoms with E-state index in [4.69, 9.17) is 0 Å². The molecule has 1 N–H and O–H groups in total. The van der Waals surface area contributed by atoms with Crippen molar-refractivity contribution in [3.05, 3.63) is 0 Å². The number of carbonyl (C=O) groups is 3. The zero-order valence-electron chi connectivity index (χ0n) is 12.7. The topological polar surface area (TPSA) is 81.7 Å². The van der Waals surface area contributed by atoms with Crippen molar-refractivity contribution in [2.24, 2.45) is 0 Å². The molecule has 0 saturated carbocycles. The van der Waals surface area contributed by atoms with Gasteiger partial charge in [0.25, 0.3) is 0 Å². The fourth-order valence-electron chi connectivity index (χ4n) is 1.25. The summed E-state index contributed by atoms with van der Waals surface area (Å²) in [7, 11) is 0. The highest BCUT2D eigenvalue weighted by Crippen LogP contribution is 2.20. The lowest BCUT2D eigenvalue weighted by molar-refractivity contribution is -0.206. The predicted molar refractivity (Wildman–Crippen MR) is 65.4 cm³/mol. The number of esters is 2. The van der Waals surface area contributed by atoms with Gasteiger partial charge in [-0.15, -0.1) is 0 Å². The molecule has 1 amide bonds. The van der Waals surface area contributed by atoms with Gasteiger partial charge in [0, 0.05) is 0 Å². The Morgan fingerprint density at radius 2 is 1.46 bits per heavy atom. The van der Waals surface area contributed by atoms with Crippen molar-refractivity contribution in [2.45, 2.75) is 57.8 Å². The fourth-order valence-corrected chi connectivity index (χ4v) is 1.25. The monoisotopic (exact) mass is 367 g/mol. The van der Waals surface area contributed by atoms with Crippen molar-refractivity contribution in [1.82, 2.24) is 5.32 Å². The second-order valence-electron chi connectivity index (χ2n) is 4.71. The first kappa shape index (κ1) is 22.0. The van der Waals surface area contributed by atoms with Crippen molar-refractivity contribution in [2.75, 3.05) is 0 Å². The molecule has 0 spiro atoms. The normalized spacial score (nSPS) is 15.9. The van der Waals surface area contributed by atoms with Crippen LogP contribution in [0.4, 0.5) is 26.3 Å². The van der Waals surface area contributed by atoms with Crippen LogP contribution in [-0.4, -0.2) is 48.4 Å². The molecule has 24 heavy (non-hydrogen) atoms. The Labute approximate surface area is 132 Å². The first-order valence-corrected chi connectivity index (χ1v) is 6.56. The van der Waals surface area contributed by atoms with E-state index in [-0.39, 0.29) is 6.42 Å². The zero-order valence-corrected chi connectivity index (χ0v) is 12.7. The number of hydrogen-bond donors (Lipinski definition) is 1. The third-order valence-electron chi connectivity index (χ3n) is 2.68. The van der Waals surface area contributed by atoms with E-state index in [1.54, 1.807) is 6.92 Å². The molecule has 140 valence electrons. The predicted octanol–water partition coefficient (Wildman–Crippen LogP) is 1.87. The fraction of sp³-hybridized carbons (Fsp3) is 0.750. The molecule has 0 bridgehead atoms. The van der Waals surface area contributed by atoms with E-state index < -0.39 is 48.4 Å². The van der Waals surface area contributed by atoms with Gasteiger partial charge in [0.1, 0.15) is 6.10 Å². The maximum Gasteiger partial charge on any atom is 0.490 e. The largest absolute Gasteiger partial charge is 0.490 e. The van der Waals surface area contributed by atoms with Crippen LogP contribution in [0.1, 0.15) is 27.2 Å². The van der Waals surface area contributed by atoms with Gasteiger partial charge in [-0.25, -0.2) is 9.59 Å². The molecule has 0 rings (SSSR count). The summed E-state index contributed by atoms with van der Waals surface area (Å²) < 4.78 is 81.7. The summed E-state index contributed by atoms with van der Waals surface area (Å²) in [5, 5.41) is 1.16. The Hall–Kier alpha value is -2.01. The second-order valence-corrected chi connectivity index (χ2v) is 4.71. The first-order chi connectivity index (χ1) is 10.7. The summed E-state index contributed by atoms with van der Waals surface area (Å²) in [6, 6.07) is -2.26. The molecule has 0 aromatic rings. The number of amides is 1. The lowest BCUT2D eigenvalue weighted by Gasteiger charge is -2.25. The minimum Gasteiger partial charge on any atom is -0.461 e. The number of alkyl halides is 6. The van der Waals surface area contributed by atoms with Gasteiger partial charge in [0.05, 0.1) is 6.10 Å². The molecule has 0 fully saturated rings. The van der Waals surface area contributed by atoms with Gasteiger partial charge >= 0.3 is 30.2 Å². The average Bonchev–Trinajstić information content (AvgIpc) is 2.41. The van der Waals surface area contributed by atoms with Crippen molar-refractivity contribution in [1.29, 1.82) is 0 Å². The number of halogens is 6. The average molecular weight is 367 g/mol. The van der Waals surface area contributed by atoms with Crippen molar-refractivity contribution >= 4 is 17.8 Å². The van der Waals surface area contributed by atoms with Crippen LogP contribution in [0.5, 0.6) is 0 Å². The SMILES string of the molecule is CCC(C)OC(=O)C(NC(=O)C(F)(F)F)C(C)OC(=O)C(F)(F)F. The van der Waals surface area contributed by atoms with E-state index in [1.807, 2.05) is 0 Å². The molecule has 12 heteroatoms. The molecule has 3 unspecified atom stereocenters. The first-order valence-electron chi connectivity index (χ1n) is 6.56. The lowest BCUT2D eigenvalue weighted by Crippen LogP contribution is -2.54. The van der Waals surface area contributed by atoms with Gasteiger partial charge in [-0.1, -0.05) is 6.92 Å². The molecule has 3 atom stereocenters. The van der Waals surface area contributed by atoms with Gasteiger partial charge in [-0.05, 0) is 20.3 Å². The Bertz CT molecular complexity index is 476. The summed E-state index contributed by atoms with van der Waals surface area (Å²) in [6.07, 6.45) is -13.4. The Balaban J connectivity index is 5.27. The second kappa shape index (κ2) is 8.20. The number of carbonyl (C=O) groups excluding carboxylic acids is 3. The van der Waals surface area contributed by atoms with Crippen LogP contribution >= 0.6 is 0 Å². The van der Waals surface area contributed by atoms with Crippen molar-refractivity contribution in [3.8, 4) is 0 Å². The van der Waals surface area contributed by atoms with Crippen LogP contribution in [0.15, 0.2) is 0 Å². The number of nitrogens with one attached hydrogen (secondary N) is 1. The third kappa shape index (κ3) is 7.04. The minimum absolute atomic E-state index is 0.252. The van der Waals surface area contributed by atoms with Crippen molar-refractivity contribution < 1.29 is 50.2 Å². The number of rotatable bonds is 6. The summed E-state index contributed by atoms with van der Waals surface area (Å²) in [5.41, 5.74) is 0. The van der Waals surface area contributed by atoms with Gasteiger partial charge in [0.15, 0.2) is 6.04 Å². The summed E-state index contributed by atoms with van der Waals surface area (Å²) in [5.74, 6) is -6.79. The van der Waals surface area contributed by atoms with E-state index in [9.17, 15) is 40.7 Å². The molecule has 0 radical (unpaired) electrons. The quantitative estimate of drug-likeness (QED) is 0.573. The van der Waals surface area contributed by atoms with E-state index in [1.165, 1.54) is 6.92 Å². The van der Waals surface area contributed by atoms with Gasteiger partial charge in [-0.2, -0.15) is 26.3 Å². The molecule has 0 aromatic heterocycles. The molecule has 0 aromatic carbocycles. The van der Waals surface area contributed by atoms with Gasteiger partial charge in [0.2, 0.25) is 0 Å². The maximum atomic E-state index is 12.3. The molecule has 6 nitrogen and oxygen atoms in total. The Morgan fingerprint density at radius 1 is 0.958 bits per heavy atom. The zero-order chi connectivity index (χ0) is 19.3. The third-order valence-corrected chi connectivity index (χ3v) is 2.68. The van der Waals surface area contributed by atoms with Gasteiger partial charge < -0.3 is 14.8 Å². The van der Waals surface area contributed by atoms with Crippen molar-refractivity contribution in [3.63, 3.8) is 0 Å². The van der Waals surface area contributed by atoms with E-state index in [2.05, 4.69) is 9.47 Å². The van der Waals surface area contributed by atoms with E-state index in [0.29, 0.717) is 6.92 Å². The van der Waals surface area contributed by atoms with Gasteiger partial charge in [-0.3, -0.25) is 4.79 Å². The maximum absolute atomic E-state index is 12.3. The van der Waals surface area contributed by atoms with Crippen LogP contribution in [0.25, 0.3) is 0 Å². The highest BCUT2D eigenvalue weighted by molar-refractivity contribution is 5.88. The minimum atomic E-state index is -5.42. The molecular weight excluding hydrogens is 352 g/mol. The Morgan fingerprint density at radius 3 is 1.83 bits per heavy atom. The lowest BCUT2D eigenvalue weighted by atomic mass is 10.1. The van der Waals surface area contributed by atoms with E-state index >= 15 is 0 Å². The molecule has 0 aliphatic rings. The summed E-state index contributed by atoms with van der Waals surface area (Å²) in [4.78, 5) is 33.4. The van der Waals surface area contributed by atoms with E-state index in [0.717, 1.165) is 5.32 Å². The number of ether oxygens (including phenoxy) is 2. The van der Waals surface area contributed by atoms with Crippen LogP contribution in [0.2, 0.25) is 0 Å². The van der Waals surface area contributed by atoms with Crippen LogP contribution < -0.4 is 5.32 Å². The summed E-state index contributed by atoms with van der Waals surface area (Å²) >= 11 is 0. The molecule has 0 saturated heterocycles. The summed E-state index contributed by atoms with van der Waals surface area (Å²) in [6.45, 7) is 3.64. The van der Waals surface area contributed by atoms with Crippen LogP contribution in [0, 0.1) is 0 Å². The molecule has 0 heterocycles. The molecule has 0 aliphatic carbocycles. The Kier molecular flexibility index (Phi) is 7.51. The van der Waals surface area contributed by atoms with Crippen LogP contribution in [-0.2, 0) is 23.9 Å².